The van der Waals surface area contributed by atoms with Crippen molar-refractivity contribution in [2.24, 2.45) is 0 Å². The lowest BCUT2D eigenvalue weighted by Crippen LogP contribution is -2.30. The van der Waals surface area contributed by atoms with E-state index in [1.807, 2.05) is 13.8 Å². The van der Waals surface area contributed by atoms with Crippen molar-refractivity contribution in [3.8, 4) is 0 Å². The zero-order valence-electron chi connectivity index (χ0n) is 12.0. The largest absolute Gasteiger partial charge is 0.480 e. The summed E-state index contributed by atoms with van der Waals surface area (Å²) in [6.07, 6.45) is 2.28. The van der Waals surface area contributed by atoms with Crippen LogP contribution < -0.4 is 5.32 Å². The fourth-order valence-electron chi connectivity index (χ4n) is 1.59. The molecule has 0 aliphatic heterocycles. The quantitative estimate of drug-likeness (QED) is 0.696. The van der Waals surface area contributed by atoms with Crippen molar-refractivity contribution in [3.05, 3.63) is 18.0 Å². The van der Waals surface area contributed by atoms with Crippen LogP contribution in [0.5, 0.6) is 0 Å². The van der Waals surface area contributed by atoms with Crippen LogP contribution >= 0.6 is 0 Å². The minimum Gasteiger partial charge on any atom is -0.480 e. The lowest BCUT2D eigenvalue weighted by molar-refractivity contribution is -0.140. The van der Waals surface area contributed by atoms with Gasteiger partial charge in [0.25, 0.3) is 5.91 Å². The Hall–Kier alpha value is -1.89. The van der Waals surface area contributed by atoms with Gasteiger partial charge in [-0.3, -0.25) is 4.79 Å². The van der Waals surface area contributed by atoms with Crippen LogP contribution in [-0.4, -0.2) is 46.0 Å². The van der Waals surface area contributed by atoms with Gasteiger partial charge in [0.05, 0.1) is 6.10 Å². The summed E-state index contributed by atoms with van der Waals surface area (Å²) in [5.74, 6) is -1.37. The Labute approximate surface area is 117 Å². The number of nitrogens with one attached hydrogen (secondary N) is 1. The molecule has 112 valence electrons. The Kier molecular flexibility index (Phi) is 6.17. The van der Waals surface area contributed by atoms with E-state index >= 15 is 0 Å². The fourth-order valence-corrected chi connectivity index (χ4v) is 1.59. The lowest BCUT2D eigenvalue weighted by Gasteiger charge is -2.12. The highest BCUT2D eigenvalue weighted by atomic mass is 16.5. The van der Waals surface area contributed by atoms with Crippen LogP contribution in [0.1, 0.15) is 43.7 Å². The number of ether oxygens (including phenoxy) is 1. The van der Waals surface area contributed by atoms with Crippen molar-refractivity contribution in [2.45, 2.75) is 39.3 Å². The van der Waals surface area contributed by atoms with Crippen LogP contribution in [0.25, 0.3) is 0 Å². The maximum atomic E-state index is 11.9. The zero-order chi connectivity index (χ0) is 15.1. The van der Waals surface area contributed by atoms with Crippen LogP contribution in [0.4, 0.5) is 0 Å². The molecule has 0 fully saturated rings. The molecule has 0 aliphatic rings. The van der Waals surface area contributed by atoms with E-state index in [-0.39, 0.29) is 17.7 Å². The van der Waals surface area contributed by atoms with Crippen molar-refractivity contribution >= 4 is 11.9 Å². The van der Waals surface area contributed by atoms with E-state index in [4.69, 9.17) is 9.84 Å². The standard InChI is InChI=1S/C13H21N3O4/c1-9(2)20-8-4-6-14-12(17)11-5-7-15-16(11)10(3)13(18)19/h5,7,9-10H,4,6,8H2,1-3H3,(H,14,17)(H,18,19). The molecule has 0 spiro atoms. The molecule has 2 N–H and O–H groups in total. The monoisotopic (exact) mass is 283 g/mol. The smallest absolute Gasteiger partial charge is 0.328 e. The molecule has 0 aliphatic carbocycles. The van der Waals surface area contributed by atoms with Gasteiger partial charge in [-0.15, -0.1) is 0 Å². The van der Waals surface area contributed by atoms with Crippen LogP contribution in [0.2, 0.25) is 0 Å². The molecule has 0 saturated heterocycles. The summed E-state index contributed by atoms with van der Waals surface area (Å²) < 4.78 is 6.56. The summed E-state index contributed by atoms with van der Waals surface area (Å²) in [5.41, 5.74) is 0.240. The van der Waals surface area contributed by atoms with Gasteiger partial charge < -0.3 is 15.2 Å². The fraction of sp³-hybridized carbons (Fsp3) is 0.615. The number of hydrogen-bond acceptors (Lipinski definition) is 4. The number of carbonyl (C=O) groups excluding carboxylic acids is 1. The third kappa shape index (κ3) is 4.65. The normalized spacial score (nSPS) is 12.4. The molecule has 1 aromatic rings. The number of carboxylic acids is 1. The van der Waals surface area contributed by atoms with Gasteiger partial charge in [-0.2, -0.15) is 5.10 Å². The summed E-state index contributed by atoms with van der Waals surface area (Å²) in [7, 11) is 0. The predicted molar refractivity (Wildman–Crippen MR) is 72.6 cm³/mol. The molecule has 20 heavy (non-hydrogen) atoms. The molecule has 1 rings (SSSR count). The van der Waals surface area contributed by atoms with Crippen LogP contribution in [0.15, 0.2) is 12.3 Å². The molecule has 1 amide bonds. The highest BCUT2D eigenvalue weighted by Gasteiger charge is 2.20. The summed E-state index contributed by atoms with van der Waals surface area (Å²) in [6, 6.07) is 0.620. The molecule has 0 radical (unpaired) electrons. The Morgan fingerprint density at radius 2 is 2.15 bits per heavy atom. The van der Waals surface area contributed by atoms with Gasteiger partial charge in [-0.05, 0) is 33.3 Å². The number of rotatable bonds is 8. The second-order valence-corrected chi connectivity index (χ2v) is 4.70. The summed E-state index contributed by atoms with van der Waals surface area (Å²) in [5, 5.41) is 15.5. The molecular formula is C13H21N3O4. The number of nitrogens with zero attached hydrogens (tertiary/aromatic N) is 2. The number of aromatic nitrogens is 2. The average molecular weight is 283 g/mol. The molecule has 0 aromatic carbocycles. The SMILES string of the molecule is CC(C)OCCCNC(=O)c1ccnn1C(C)C(=O)O. The van der Waals surface area contributed by atoms with E-state index in [1.165, 1.54) is 23.9 Å². The van der Waals surface area contributed by atoms with E-state index in [2.05, 4.69) is 10.4 Å². The Morgan fingerprint density at radius 1 is 1.45 bits per heavy atom. The predicted octanol–water partition coefficient (Wildman–Crippen LogP) is 1.07. The first-order valence-corrected chi connectivity index (χ1v) is 6.59. The van der Waals surface area contributed by atoms with Gasteiger partial charge in [0.1, 0.15) is 11.7 Å². The van der Waals surface area contributed by atoms with Gasteiger partial charge in [0.15, 0.2) is 0 Å². The van der Waals surface area contributed by atoms with E-state index in [1.54, 1.807) is 0 Å². The second-order valence-electron chi connectivity index (χ2n) is 4.70. The Bertz CT molecular complexity index is 456. The van der Waals surface area contributed by atoms with E-state index < -0.39 is 12.0 Å². The van der Waals surface area contributed by atoms with Crippen LogP contribution in [0.3, 0.4) is 0 Å². The first-order chi connectivity index (χ1) is 9.43. The van der Waals surface area contributed by atoms with Crippen LogP contribution in [0, 0.1) is 0 Å². The van der Waals surface area contributed by atoms with Crippen molar-refractivity contribution in [2.75, 3.05) is 13.2 Å². The molecule has 1 unspecified atom stereocenters. The van der Waals surface area contributed by atoms with E-state index in [0.717, 1.165) is 0 Å². The highest BCUT2D eigenvalue weighted by Crippen LogP contribution is 2.09. The third-order valence-corrected chi connectivity index (χ3v) is 2.69. The molecule has 1 atom stereocenters. The molecule has 0 bridgehead atoms. The maximum absolute atomic E-state index is 11.9. The average Bonchev–Trinajstić information content (AvgIpc) is 2.85. The lowest BCUT2D eigenvalue weighted by atomic mass is 10.3. The van der Waals surface area contributed by atoms with Crippen molar-refractivity contribution in [1.29, 1.82) is 0 Å². The minimum absolute atomic E-state index is 0.170. The van der Waals surface area contributed by atoms with Gasteiger partial charge in [0.2, 0.25) is 0 Å². The van der Waals surface area contributed by atoms with Gasteiger partial charge in [-0.25, -0.2) is 9.48 Å². The van der Waals surface area contributed by atoms with Crippen LogP contribution in [-0.2, 0) is 9.53 Å². The number of carbonyl (C=O) groups is 2. The molecule has 7 heteroatoms. The van der Waals surface area contributed by atoms with Gasteiger partial charge in [0, 0.05) is 19.3 Å². The van der Waals surface area contributed by atoms with Crippen molar-refractivity contribution < 1.29 is 19.4 Å². The van der Waals surface area contributed by atoms with Gasteiger partial charge in [-0.1, -0.05) is 0 Å². The highest BCUT2D eigenvalue weighted by molar-refractivity contribution is 5.93. The van der Waals surface area contributed by atoms with E-state index in [9.17, 15) is 9.59 Å². The molecule has 1 heterocycles. The molecule has 1 aromatic heterocycles. The summed E-state index contributed by atoms with van der Waals surface area (Å²) >= 11 is 0. The maximum Gasteiger partial charge on any atom is 0.328 e. The Balaban J connectivity index is 2.48. The molecule has 0 saturated carbocycles. The summed E-state index contributed by atoms with van der Waals surface area (Å²) in [4.78, 5) is 22.9. The second kappa shape index (κ2) is 7.64. The number of aliphatic carboxylic acids is 1. The van der Waals surface area contributed by atoms with E-state index in [0.29, 0.717) is 19.6 Å². The zero-order valence-corrected chi connectivity index (χ0v) is 12.0. The first kappa shape index (κ1) is 16.2. The minimum atomic E-state index is -1.03. The number of hydrogen-bond donors (Lipinski definition) is 2. The van der Waals surface area contributed by atoms with Gasteiger partial charge >= 0.3 is 5.97 Å². The number of carboxylic acid groups (broad SMARTS) is 1. The Morgan fingerprint density at radius 3 is 2.75 bits per heavy atom. The molecule has 7 nitrogen and oxygen atoms in total. The van der Waals surface area contributed by atoms with Crippen molar-refractivity contribution in [1.82, 2.24) is 15.1 Å². The topological polar surface area (TPSA) is 93.5 Å². The first-order valence-electron chi connectivity index (χ1n) is 6.59. The van der Waals surface area contributed by atoms with Crippen molar-refractivity contribution in [3.63, 3.8) is 0 Å². The molecular weight excluding hydrogens is 262 g/mol. The summed E-state index contributed by atoms with van der Waals surface area (Å²) in [6.45, 7) is 6.42. The number of amides is 1. The third-order valence-electron chi connectivity index (χ3n) is 2.69.